The lowest BCUT2D eigenvalue weighted by atomic mass is 10.2. The van der Waals surface area contributed by atoms with Gasteiger partial charge in [-0.15, -0.1) is 10.2 Å². The molecule has 1 aliphatic rings. The van der Waals surface area contributed by atoms with Gasteiger partial charge in [0.25, 0.3) is 0 Å². The molecule has 1 aliphatic heterocycles. The molecule has 2 aromatic rings. The summed E-state index contributed by atoms with van der Waals surface area (Å²) in [5.74, 6) is 1.05. The van der Waals surface area contributed by atoms with Crippen molar-refractivity contribution in [2.24, 2.45) is 0 Å². The fourth-order valence-corrected chi connectivity index (χ4v) is 2.13. The van der Waals surface area contributed by atoms with Gasteiger partial charge in [0.15, 0.2) is 0 Å². The molecule has 88 valence electrons. The van der Waals surface area contributed by atoms with Crippen LogP contribution in [0.2, 0.25) is 0 Å². The van der Waals surface area contributed by atoms with Gasteiger partial charge in [-0.25, -0.2) is 0 Å². The second-order valence-electron chi connectivity index (χ2n) is 4.39. The number of rotatable bonds is 2. The third-order valence-electron chi connectivity index (χ3n) is 3.10. The van der Waals surface area contributed by atoms with Gasteiger partial charge in [-0.1, -0.05) is 12.1 Å². The highest BCUT2D eigenvalue weighted by atomic mass is 15.3. The lowest BCUT2D eigenvalue weighted by Gasteiger charge is -2.26. The van der Waals surface area contributed by atoms with Crippen molar-refractivity contribution >= 4 is 5.69 Å². The van der Waals surface area contributed by atoms with Crippen molar-refractivity contribution in [3.63, 3.8) is 0 Å². The van der Waals surface area contributed by atoms with Crippen LogP contribution in [0, 0.1) is 0 Å². The van der Waals surface area contributed by atoms with Crippen molar-refractivity contribution in [2.75, 3.05) is 12.3 Å². The molecule has 0 bridgehead atoms. The third kappa shape index (κ3) is 2.14. The Morgan fingerprint density at radius 3 is 2.82 bits per heavy atom. The SMILES string of the molecule is Nc1ccc(CN2CCn3cnnc3C2)cc1. The van der Waals surface area contributed by atoms with E-state index >= 15 is 0 Å². The lowest BCUT2D eigenvalue weighted by molar-refractivity contribution is 0.209. The lowest BCUT2D eigenvalue weighted by Crippen LogP contribution is -2.33. The Kier molecular flexibility index (Phi) is 2.53. The topological polar surface area (TPSA) is 60.0 Å². The molecule has 17 heavy (non-hydrogen) atoms. The first-order valence-electron chi connectivity index (χ1n) is 5.75. The molecular weight excluding hydrogens is 214 g/mol. The Hall–Kier alpha value is -1.88. The van der Waals surface area contributed by atoms with E-state index in [4.69, 9.17) is 5.73 Å². The summed E-state index contributed by atoms with van der Waals surface area (Å²) in [5, 5.41) is 8.04. The fraction of sp³-hybridized carbons (Fsp3) is 0.333. The summed E-state index contributed by atoms with van der Waals surface area (Å²) in [5.41, 5.74) is 7.77. The van der Waals surface area contributed by atoms with E-state index in [9.17, 15) is 0 Å². The van der Waals surface area contributed by atoms with E-state index in [2.05, 4.69) is 31.8 Å². The zero-order chi connectivity index (χ0) is 11.7. The molecule has 0 atom stereocenters. The van der Waals surface area contributed by atoms with Crippen LogP contribution in [0.3, 0.4) is 0 Å². The van der Waals surface area contributed by atoms with Gasteiger partial charge < -0.3 is 10.3 Å². The minimum atomic E-state index is 0.812. The van der Waals surface area contributed by atoms with Crippen LogP contribution in [-0.2, 0) is 19.6 Å². The summed E-state index contributed by atoms with van der Waals surface area (Å²) < 4.78 is 2.11. The molecule has 0 radical (unpaired) electrons. The average molecular weight is 229 g/mol. The highest BCUT2D eigenvalue weighted by molar-refractivity contribution is 5.39. The molecule has 0 unspecified atom stereocenters. The zero-order valence-corrected chi connectivity index (χ0v) is 9.58. The van der Waals surface area contributed by atoms with Gasteiger partial charge in [0.05, 0.1) is 6.54 Å². The maximum absolute atomic E-state index is 5.67. The molecule has 0 aliphatic carbocycles. The summed E-state index contributed by atoms with van der Waals surface area (Å²) >= 11 is 0. The molecule has 0 fully saturated rings. The van der Waals surface area contributed by atoms with Crippen LogP contribution in [0.5, 0.6) is 0 Å². The molecule has 0 saturated carbocycles. The maximum atomic E-state index is 5.67. The number of hydrogen-bond acceptors (Lipinski definition) is 4. The molecule has 1 aromatic heterocycles. The van der Waals surface area contributed by atoms with Crippen LogP contribution in [0.1, 0.15) is 11.4 Å². The Morgan fingerprint density at radius 1 is 1.18 bits per heavy atom. The maximum Gasteiger partial charge on any atom is 0.147 e. The Labute approximate surface area is 99.9 Å². The van der Waals surface area contributed by atoms with Crippen molar-refractivity contribution in [2.45, 2.75) is 19.6 Å². The second-order valence-corrected chi connectivity index (χ2v) is 4.39. The molecule has 0 amide bonds. The Balaban J connectivity index is 1.69. The van der Waals surface area contributed by atoms with Gasteiger partial charge in [0, 0.05) is 25.3 Å². The fourth-order valence-electron chi connectivity index (χ4n) is 2.13. The van der Waals surface area contributed by atoms with E-state index in [0.717, 1.165) is 37.7 Å². The minimum Gasteiger partial charge on any atom is -0.399 e. The van der Waals surface area contributed by atoms with Gasteiger partial charge in [-0.2, -0.15) is 0 Å². The molecule has 0 spiro atoms. The smallest absolute Gasteiger partial charge is 0.147 e. The quantitative estimate of drug-likeness (QED) is 0.776. The van der Waals surface area contributed by atoms with Crippen LogP contribution in [0.25, 0.3) is 0 Å². The number of fused-ring (bicyclic) bond motifs is 1. The first kappa shape index (κ1) is 10.3. The van der Waals surface area contributed by atoms with Gasteiger partial charge in [0.1, 0.15) is 12.2 Å². The van der Waals surface area contributed by atoms with E-state index in [1.165, 1.54) is 5.56 Å². The van der Waals surface area contributed by atoms with Crippen molar-refractivity contribution in [3.8, 4) is 0 Å². The van der Waals surface area contributed by atoms with Crippen LogP contribution in [0.4, 0.5) is 5.69 Å². The van der Waals surface area contributed by atoms with Crippen molar-refractivity contribution in [1.82, 2.24) is 19.7 Å². The summed E-state index contributed by atoms with van der Waals surface area (Å²) in [6.07, 6.45) is 1.80. The molecular formula is C12H15N5. The zero-order valence-electron chi connectivity index (χ0n) is 9.58. The van der Waals surface area contributed by atoms with Gasteiger partial charge in [-0.3, -0.25) is 4.90 Å². The second kappa shape index (κ2) is 4.18. The third-order valence-corrected chi connectivity index (χ3v) is 3.10. The number of hydrogen-bond donors (Lipinski definition) is 1. The van der Waals surface area contributed by atoms with E-state index in [0.29, 0.717) is 0 Å². The van der Waals surface area contributed by atoms with Gasteiger partial charge in [-0.05, 0) is 17.7 Å². The largest absolute Gasteiger partial charge is 0.399 e. The van der Waals surface area contributed by atoms with Crippen LogP contribution in [-0.4, -0.2) is 26.2 Å². The monoisotopic (exact) mass is 229 g/mol. The van der Waals surface area contributed by atoms with E-state index in [1.807, 2.05) is 12.1 Å². The Bertz CT molecular complexity index is 502. The number of nitrogens with zero attached hydrogens (tertiary/aromatic N) is 4. The van der Waals surface area contributed by atoms with E-state index < -0.39 is 0 Å². The Morgan fingerprint density at radius 2 is 2.00 bits per heavy atom. The number of anilines is 1. The number of benzene rings is 1. The van der Waals surface area contributed by atoms with E-state index in [-0.39, 0.29) is 0 Å². The summed E-state index contributed by atoms with van der Waals surface area (Å²) in [7, 11) is 0. The molecule has 1 aromatic carbocycles. The molecule has 3 rings (SSSR count). The van der Waals surface area contributed by atoms with Crippen molar-refractivity contribution < 1.29 is 0 Å². The normalized spacial score (nSPS) is 15.8. The van der Waals surface area contributed by atoms with Crippen LogP contribution >= 0.6 is 0 Å². The van der Waals surface area contributed by atoms with E-state index in [1.54, 1.807) is 6.33 Å². The molecule has 5 nitrogen and oxygen atoms in total. The standard InChI is InChI=1S/C12H15N5/c13-11-3-1-10(2-4-11)7-16-5-6-17-9-14-15-12(17)8-16/h1-4,9H,5-8,13H2. The molecule has 2 heterocycles. The first-order valence-corrected chi connectivity index (χ1v) is 5.75. The molecule has 0 saturated heterocycles. The molecule has 5 heteroatoms. The van der Waals surface area contributed by atoms with Crippen molar-refractivity contribution in [1.29, 1.82) is 0 Å². The average Bonchev–Trinajstić information content (AvgIpc) is 2.79. The summed E-state index contributed by atoms with van der Waals surface area (Å²) in [6, 6.07) is 8.05. The predicted octanol–water partition coefficient (Wildman–Crippen LogP) is 0.876. The van der Waals surface area contributed by atoms with Crippen molar-refractivity contribution in [3.05, 3.63) is 42.0 Å². The number of nitrogens with two attached hydrogens (primary N) is 1. The number of aromatic nitrogens is 3. The minimum absolute atomic E-state index is 0.812. The highest BCUT2D eigenvalue weighted by Gasteiger charge is 2.17. The van der Waals surface area contributed by atoms with Gasteiger partial charge in [0.2, 0.25) is 0 Å². The van der Waals surface area contributed by atoms with Crippen LogP contribution in [0.15, 0.2) is 30.6 Å². The first-order chi connectivity index (χ1) is 8.31. The van der Waals surface area contributed by atoms with Gasteiger partial charge >= 0.3 is 0 Å². The summed E-state index contributed by atoms with van der Waals surface area (Å²) in [4.78, 5) is 2.37. The summed E-state index contributed by atoms with van der Waals surface area (Å²) in [6.45, 7) is 3.81. The predicted molar refractivity (Wildman–Crippen MR) is 65.0 cm³/mol. The van der Waals surface area contributed by atoms with Crippen LogP contribution < -0.4 is 5.73 Å². The highest BCUT2D eigenvalue weighted by Crippen LogP contribution is 2.14. The number of nitrogen functional groups attached to an aromatic ring is 1. The molecule has 2 N–H and O–H groups in total.